The first-order valence-electron chi connectivity index (χ1n) is 9.64. The van der Waals surface area contributed by atoms with Gasteiger partial charge in [-0.3, -0.25) is 4.79 Å². The van der Waals surface area contributed by atoms with Crippen molar-refractivity contribution in [1.82, 2.24) is 14.2 Å². The van der Waals surface area contributed by atoms with Crippen molar-refractivity contribution in [3.05, 3.63) is 41.7 Å². The second-order valence-corrected chi connectivity index (χ2v) is 8.80. The summed E-state index contributed by atoms with van der Waals surface area (Å²) in [6, 6.07) is 6.67. The highest BCUT2D eigenvalue weighted by atomic mass is 32.2. The average Bonchev–Trinajstić information content (AvgIpc) is 3.11. The number of aromatic nitrogens is 1. The summed E-state index contributed by atoms with van der Waals surface area (Å²) in [4.78, 5) is 12.9. The fraction of sp³-hybridized carbons (Fsp3) is 0.450. The minimum Gasteiger partial charge on any atom is -0.486 e. The van der Waals surface area contributed by atoms with E-state index in [1.165, 1.54) is 21.1 Å². The van der Waals surface area contributed by atoms with E-state index in [1.54, 1.807) is 20.9 Å². The number of hydrogen-bond acceptors (Lipinski definition) is 5. The van der Waals surface area contributed by atoms with Gasteiger partial charge in [0.25, 0.3) is 5.91 Å². The van der Waals surface area contributed by atoms with Crippen LogP contribution in [0.2, 0.25) is 0 Å². The van der Waals surface area contributed by atoms with Gasteiger partial charge < -0.3 is 19.4 Å². The molecule has 9 heteroatoms. The molecule has 3 rings (SSSR count). The minimum atomic E-state index is -3.63. The summed E-state index contributed by atoms with van der Waals surface area (Å²) in [5, 5.41) is 2.92. The Kier molecular flexibility index (Phi) is 6.18. The van der Waals surface area contributed by atoms with Crippen LogP contribution in [-0.2, 0) is 17.1 Å². The van der Waals surface area contributed by atoms with Crippen molar-refractivity contribution in [2.75, 3.05) is 26.3 Å². The molecule has 8 nitrogen and oxygen atoms in total. The van der Waals surface area contributed by atoms with Gasteiger partial charge in [0.1, 0.15) is 23.8 Å². The molecule has 1 aromatic carbocycles. The summed E-state index contributed by atoms with van der Waals surface area (Å²) in [5.74, 6) is 0.990. The number of nitrogens with one attached hydrogen (secondary N) is 1. The number of ether oxygens (including phenoxy) is 2. The molecule has 1 aromatic heterocycles. The lowest BCUT2D eigenvalue weighted by Gasteiger charge is -2.21. The van der Waals surface area contributed by atoms with Crippen LogP contribution in [0.4, 0.5) is 0 Å². The Morgan fingerprint density at radius 1 is 1.17 bits per heavy atom. The first-order valence-corrected chi connectivity index (χ1v) is 11.1. The van der Waals surface area contributed by atoms with E-state index in [2.05, 4.69) is 5.32 Å². The maximum absolute atomic E-state index is 12.8. The van der Waals surface area contributed by atoms with Crippen molar-refractivity contribution in [2.24, 2.45) is 7.05 Å². The lowest BCUT2D eigenvalue weighted by molar-refractivity contribution is 0.0931. The number of nitrogens with zero attached hydrogens (tertiary/aromatic N) is 2. The number of benzene rings is 1. The third kappa shape index (κ3) is 4.25. The van der Waals surface area contributed by atoms with E-state index in [-0.39, 0.29) is 22.5 Å². The molecule has 0 fully saturated rings. The van der Waals surface area contributed by atoms with Gasteiger partial charge in [-0.1, -0.05) is 19.9 Å². The van der Waals surface area contributed by atoms with Gasteiger partial charge in [0, 0.05) is 26.3 Å². The van der Waals surface area contributed by atoms with Gasteiger partial charge >= 0.3 is 0 Å². The number of rotatable bonds is 7. The van der Waals surface area contributed by atoms with E-state index < -0.39 is 10.0 Å². The standard InChI is InChI=1S/C20H27N3O5S/c1-5-23(6-2)29(25,26)16-12-17(22(4)13-16)20(24)21-14(3)15-7-8-18-19(11-15)28-10-9-27-18/h7-8,11-14H,5-6,9-10H2,1-4H3,(H,21,24). The predicted molar refractivity (Wildman–Crippen MR) is 109 cm³/mol. The SMILES string of the molecule is CCN(CC)S(=O)(=O)c1cc(C(=O)NC(C)c2ccc3c(c2)OCCO3)n(C)c1. The summed E-state index contributed by atoms with van der Waals surface area (Å²) in [5.41, 5.74) is 1.15. The molecule has 1 atom stereocenters. The first kappa shape index (κ1) is 21.2. The second-order valence-electron chi connectivity index (χ2n) is 6.86. The third-order valence-corrected chi connectivity index (χ3v) is 6.98. The smallest absolute Gasteiger partial charge is 0.268 e. The maximum atomic E-state index is 12.8. The molecule has 0 saturated carbocycles. The highest BCUT2D eigenvalue weighted by molar-refractivity contribution is 7.89. The Morgan fingerprint density at radius 3 is 2.48 bits per heavy atom. The van der Waals surface area contributed by atoms with Crippen LogP contribution in [0.1, 0.15) is 42.9 Å². The lowest BCUT2D eigenvalue weighted by atomic mass is 10.1. The summed E-state index contributed by atoms with van der Waals surface area (Å²) in [6.07, 6.45) is 1.47. The summed E-state index contributed by atoms with van der Waals surface area (Å²) >= 11 is 0. The van der Waals surface area contributed by atoms with Crippen molar-refractivity contribution in [3.63, 3.8) is 0 Å². The van der Waals surface area contributed by atoms with E-state index in [0.29, 0.717) is 37.8 Å². The number of hydrogen-bond donors (Lipinski definition) is 1. The van der Waals surface area contributed by atoms with Crippen molar-refractivity contribution in [1.29, 1.82) is 0 Å². The Labute approximate surface area is 171 Å². The van der Waals surface area contributed by atoms with Gasteiger partial charge in [-0.15, -0.1) is 0 Å². The summed E-state index contributed by atoms with van der Waals surface area (Å²) < 4.78 is 39.4. The molecule has 1 aliphatic heterocycles. The maximum Gasteiger partial charge on any atom is 0.268 e. The molecule has 0 radical (unpaired) electrons. The molecule has 2 aromatic rings. The van der Waals surface area contributed by atoms with Crippen LogP contribution in [0.5, 0.6) is 11.5 Å². The van der Waals surface area contributed by atoms with Crippen LogP contribution in [-0.4, -0.2) is 49.5 Å². The molecule has 1 unspecified atom stereocenters. The number of carbonyl (C=O) groups is 1. The molecule has 0 spiro atoms. The van der Waals surface area contributed by atoms with E-state index in [9.17, 15) is 13.2 Å². The average molecular weight is 422 g/mol. The predicted octanol–water partition coefficient (Wildman–Crippen LogP) is 2.32. The first-order chi connectivity index (χ1) is 13.8. The van der Waals surface area contributed by atoms with E-state index in [4.69, 9.17) is 9.47 Å². The number of aryl methyl sites for hydroxylation is 1. The Bertz CT molecular complexity index is 996. The molecule has 0 aliphatic carbocycles. The van der Waals surface area contributed by atoms with Crippen LogP contribution < -0.4 is 14.8 Å². The highest BCUT2D eigenvalue weighted by Gasteiger charge is 2.26. The largest absolute Gasteiger partial charge is 0.486 e. The Balaban J connectivity index is 1.78. The fourth-order valence-electron chi connectivity index (χ4n) is 3.30. The molecule has 0 saturated heterocycles. The van der Waals surface area contributed by atoms with Gasteiger partial charge in [-0.05, 0) is 30.7 Å². The van der Waals surface area contributed by atoms with Crippen LogP contribution >= 0.6 is 0 Å². The van der Waals surface area contributed by atoms with Crippen LogP contribution in [0.15, 0.2) is 35.4 Å². The molecule has 29 heavy (non-hydrogen) atoms. The van der Waals surface area contributed by atoms with E-state index >= 15 is 0 Å². The molecular weight excluding hydrogens is 394 g/mol. The van der Waals surface area contributed by atoms with Gasteiger partial charge in [0.15, 0.2) is 11.5 Å². The van der Waals surface area contributed by atoms with E-state index in [0.717, 1.165) is 5.56 Å². The molecule has 1 N–H and O–H groups in total. The third-order valence-electron chi connectivity index (χ3n) is 4.97. The lowest BCUT2D eigenvalue weighted by Crippen LogP contribution is -2.30. The zero-order valence-corrected chi connectivity index (χ0v) is 18.0. The van der Waals surface area contributed by atoms with Gasteiger partial charge in [-0.2, -0.15) is 4.31 Å². The summed E-state index contributed by atoms with van der Waals surface area (Å²) in [6.45, 7) is 7.18. The van der Waals surface area contributed by atoms with Crippen molar-refractivity contribution in [2.45, 2.75) is 31.7 Å². The normalized spacial score (nSPS) is 14.7. The Morgan fingerprint density at radius 2 is 1.83 bits per heavy atom. The number of amides is 1. The molecule has 158 valence electrons. The zero-order chi connectivity index (χ0) is 21.2. The molecule has 0 bridgehead atoms. The van der Waals surface area contributed by atoms with Crippen molar-refractivity contribution >= 4 is 15.9 Å². The fourth-order valence-corrected chi connectivity index (χ4v) is 4.83. The topological polar surface area (TPSA) is 89.9 Å². The van der Waals surface area contributed by atoms with Crippen LogP contribution in [0, 0.1) is 0 Å². The Hall–Kier alpha value is -2.52. The number of sulfonamides is 1. The molecule has 1 amide bonds. The minimum absolute atomic E-state index is 0.112. The zero-order valence-electron chi connectivity index (χ0n) is 17.1. The van der Waals surface area contributed by atoms with Crippen molar-refractivity contribution in [3.8, 4) is 11.5 Å². The quantitative estimate of drug-likeness (QED) is 0.741. The van der Waals surface area contributed by atoms with Crippen LogP contribution in [0.3, 0.4) is 0 Å². The number of carbonyl (C=O) groups excluding carboxylic acids is 1. The second kappa shape index (κ2) is 8.46. The number of fused-ring (bicyclic) bond motifs is 1. The van der Waals surface area contributed by atoms with Gasteiger partial charge in [-0.25, -0.2) is 8.42 Å². The van der Waals surface area contributed by atoms with Gasteiger partial charge in [0.05, 0.1) is 6.04 Å². The molecule has 1 aliphatic rings. The van der Waals surface area contributed by atoms with Crippen molar-refractivity contribution < 1.29 is 22.7 Å². The monoisotopic (exact) mass is 421 g/mol. The van der Waals surface area contributed by atoms with Crippen LogP contribution in [0.25, 0.3) is 0 Å². The van der Waals surface area contributed by atoms with E-state index in [1.807, 2.05) is 25.1 Å². The highest BCUT2D eigenvalue weighted by Crippen LogP contribution is 2.32. The molecular formula is C20H27N3O5S. The molecule has 2 heterocycles. The summed E-state index contributed by atoms with van der Waals surface area (Å²) in [7, 11) is -1.97. The van der Waals surface area contributed by atoms with Gasteiger partial charge in [0.2, 0.25) is 10.0 Å².